The van der Waals surface area contributed by atoms with Gasteiger partial charge in [-0.25, -0.2) is 4.39 Å². The van der Waals surface area contributed by atoms with E-state index in [0.29, 0.717) is 24.1 Å². The van der Waals surface area contributed by atoms with Gasteiger partial charge in [-0.2, -0.15) is 0 Å². The van der Waals surface area contributed by atoms with Gasteiger partial charge in [0.15, 0.2) is 17.7 Å². The van der Waals surface area contributed by atoms with Crippen molar-refractivity contribution in [2.75, 3.05) is 11.9 Å². The predicted molar refractivity (Wildman–Crippen MR) is 80.4 cm³/mol. The zero-order valence-electron chi connectivity index (χ0n) is 11.9. The van der Waals surface area contributed by atoms with E-state index in [1.807, 2.05) is 12.1 Å². The molecule has 0 spiro atoms. The van der Waals surface area contributed by atoms with Crippen LogP contribution in [0.15, 0.2) is 42.5 Å². The summed E-state index contributed by atoms with van der Waals surface area (Å²) in [6.07, 6.45) is 0.222. The fraction of sp³-hybridized carbons (Fsp3) is 0.235. The Hall–Kier alpha value is -2.40. The van der Waals surface area contributed by atoms with Crippen molar-refractivity contribution in [1.29, 1.82) is 0 Å². The van der Waals surface area contributed by atoms with Crippen LogP contribution in [-0.4, -0.2) is 23.7 Å². The van der Waals surface area contributed by atoms with Crippen molar-refractivity contribution in [2.45, 2.75) is 18.9 Å². The normalized spacial score (nSPS) is 16.0. The second kappa shape index (κ2) is 6.15. The standard InChI is InChI=1S/C17H16FNO3/c18-14-3-1-2-12-10-15(22-16(12)14)17(21)19-13-6-4-11(5-7-13)8-9-20/h1-7,15,20H,8-10H2,(H,19,21). The molecule has 1 atom stereocenters. The molecule has 1 aliphatic heterocycles. The van der Waals surface area contributed by atoms with E-state index in [9.17, 15) is 9.18 Å². The number of amides is 1. The second-order valence-electron chi connectivity index (χ2n) is 5.20. The van der Waals surface area contributed by atoms with Crippen LogP contribution in [0, 0.1) is 5.82 Å². The van der Waals surface area contributed by atoms with Crippen molar-refractivity contribution in [3.05, 3.63) is 59.4 Å². The maximum atomic E-state index is 13.6. The van der Waals surface area contributed by atoms with Crippen molar-refractivity contribution in [1.82, 2.24) is 0 Å². The number of hydrogen-bond donors (Lipinski definition) is 2. The van der Waals surface area contributed by atoms with Crippen molar-refractivity contribution in [2.24, 2.45) is 0 Å². The molecule has 0 aromatic heterocycles. The molecule has 1 heterocycles. The van der Waals surface area contributed by atoms with Gasteiger partial charge in [0.25, 0.3) is 5.91 Å². The molecule has 5 heteroatoms. The summed E-state index contributed by atoms with van der Waals surface area (Å²) in [6.45, 7) is 0.0887. The summed E-state index contributed by atoms with van der Waals surface area (Å²) in [6, 6.07) is 11.9. The van der Waals surface area contributed by atoms with Gasteiger partial charge in [-0.1, -0.05) is 24.3 Å². The molecule has 2 aromatic rings. The van der Waals surface area contributed by atoms with E-state index in [1.165, 1.54) is 6.07 Å². The van der Waals surface area contributed by atoms with Gasteiger partial charge in [0.1, 0.15) is 0 Å². The molecule has 0 fully saturated rings. The summed E-state index contributed by atoms with van der Waals surface area (Å²) in [5.41, 5.74) is 2.34. The fourth-order valence-corrected chi connectivity index (χ4v) is 2.48. The average Bonchev–Trinajstić information content (AvgIpc) is 2.95. The highest BCUT2D eigenvalue weighted by molar-refractivity contribution is 5.95. The van der Waals surface area contributed by atoms with Gasteiger partial charge in [-0.3, -0.25) is 4.79 Å². The number of aliphatic hydroxyl groups is 1. The van der Waals surface area contributed by atoms with Crippen LogP contribution in [-0.2, 0) is 17.6 Å². The lowest BCUT2D eigenvalue weighted by atomic mass is 10.1. The molecule has 1 amide bonds. The zero-order valence-corrected chi connectivity index (χ0v) is 11.9. The largest absolute Gasteiger partial charge is 0.477 e. The number of halogens is 1. The average molecular weight is 301 g/mol. The summed E-state index contributed by atoms with van der Waals surface area (Å²) in [5.74, 6) is -0.576. The lowest BCUT2D eigenvalue weighted by Gasteiger charge is -2.12. The first-order valence-electron chi connectivity index (χ1n) is 7.12. The molecule has 1 unspecified atom stereocenters. The molecular weight excluding hydrogens is 285 g/mol. The molecule has 0 aliphatic carbocycles. The fourth-order valence-electron chi connectivity index (χ4n) is 2.48. The van der Waals surface area contributed by atoms with Crippen molar-refractivity contribution in [3.63, 3.8) is 0 Å². The number of fused-ring (bicyclic) bond motifs is 1. The summed E-state index contributed by atoms with van der Waals surface area (Å²) in [7, 11) is 0. The number of ether oxygens (including phenoxy) is 1. The van der Waals surface area contributed by atoms with E-state index in [-0.39, 0.29) is 18.3 Å². The van der Waals surface area contributed by atoms with E-state index in [1.54, 1.807) is 24.3 Å². The van der Waals surface area contributed by atoms with Gasteiger partial charge in [-0.15, -0.1) is 0 Å². The van der Waals surface area contributed by atoms with Gasteiger partial charge in [0.2, 0.25) is 0 Å². The van der Waals surface area contributed by atoms with Crippen LogP contribution in [0.3, 0.4) is 0 Å². The third-order valence-electron chi connectivity index (χ3n) is 3.63. The number of carbonyl (C=O) groups excluding carboxylic acids is 1. The van der Waals surface area contributed by atoms with Crippen LogP contribution < -0.4 is 10.1 Å². The Kier molecular flexibility index (Phi) is 4.06. The van der Waals surface area contributed by atoms with E-state index in [4.69, 9.17) is 9.84 Å². The van der Waals surface area contributed by atoms with Crippen LogP contribution >= 0.6 is 0 Å². The lowest BCUT2D eigenvalue weighted by Crippen LogP contribution is -2.31. The van der Waals surface area contributed by atoms with Crippen LogP contribution in [0.4, 0.5) is 10.1 Å². The summed E-state index contributed by atoms with van der Waals surface area (Å²) >= 11 is 0. The van der Waals surface area contributed by atoms with Gasteiger partial charge in [-0.05, 0) is 30.2 Å². The molecule has 0 saturated heterocycles. The highest BCUT2D eigenvalue weighted by Crippen LogP contribution is 2.31. The van der Waals surface area contributed by atoms with Gasteiger partial charge in [0.05, 0.1) is 0 Å². The third-order valence-corrected chi connectivity index (χ3v) is 3.63. The smallest absolute Gasteiger partial charge is 0.265 e. The molecule has 3 rings (SSSR count). The van der Waals surface area contributed by atoms with Crippen molar-refractivity contribution in [3.8, 4) is 5.75 Å². The van der Waals surface area contributed by atoms with Crippen molar-refractivity contribution >= 4 is 11.6 Å². The van der Waals surface area contributed by atoms with Crippen LogP contribution in [0.25, 0.3) is 0 Å². The maximum Gasteiger partial charge on any atom is 0.265 e. The van der Waals surface area contributed by atoms with E-state index in [0.717, 1.165) is 5.56 Å². The summed E-state index contributed by atoms with van der Waals surface area (Å²) in [4.78, 5) is 12.2. The number of carbonyl (C=O) groups is 1. The number of para-hydroxylation sites is 1. The molecule has 1 aliphatic rings. The van der Waals surface area contributed by atoms with Gasteiger partial charge in [0, 0.05) is 24.3 Å². The Balaban J connectivity index is 1.65. The predicted octanol–water partition coefficient (Wildman–Crippen LogP) is 2.30. The maximum absolute atomic E-state index is 13.6. The second-order valence-corrected chi connectivity index (χ2v) is 5.20. The first kappa shape index (κ1) is 14.5. The van der Waals surface area contributed by atoms with E-state index in [2.05, 4.69) is 5.32 Å². The minimum atomic E-state index is -0.719. The van der Waals surface area contributed by atoms with E-state index < -0.39 is 11.9 Å². The van der Waals surface area contributed by atoms with Gasteiger partial charge >= 0.3 is 0 Å². The number of nitrogens with one attached hydrogen (secondary N) is 1. The highest BCUT2D eigenvalue weighted by atomic mass is 19.1. The molecular formula is C17H16FNO3. The summed E-state index contributed by atoms with van der Waals surface area (Å²) < 4.78 is 19.0. The first-order chi connectivity index (χ1) is 10.7. The Morgan fingerprint density at radius 2 is 2.05 bits per heavy atom. The van der Waals surface area contributed by atoms with Crippen LogP contribution in [0.5, 0.6) is 5.75 Å². The Morgan fingerprint density at radius 1 is 1.27 bits per heavy atom. The van der Waals surface area contributed by atoms with Gasteiger partial charge < -0.3 is 15.2 Å². The lowest BCUT2D eigenvalue weighted by molar-refractivity contribution is -0.122. The zero-order chi connectivity index (χ0) is 15.5. The molecule has 2 aromatic carbocycles. The highest BCUT2D eigenvalue weighted by Gasteiger charge is 2.31. The van der Waals surface area contributed by atoms with E-state index >= 15 is 0 Å². The molecule has 0 bridgehead atoms. The summed E-state index contributed by atoms with van der Waals surface area (Å²) in [5, 5.41) is 11.6. The number of hydrogen-bond acceptors (Lipinski definition) is 3. The number of anilines is 1. The number of benzene rings is 2. The SMILES string of the molecule is O=C(Nc1ccc(CCO)cc1)C1Cc2cccc(F)c2O1. The monoisotopic (exact) mass is 301 g/mol. The molecule has 0 radical (unpaired) electrons. The Bertz CT molecular complexity index is 685. The quantitative estimate of drug-likeness (QED) is 0.911. The van der Waals surface area contributed by atoms with Crippen molar-refractivity contribution < 1.29 is 19.0 Å². The first-order valence-corrected chi connectivity index (χ1v) is 7.12. The molecule has 0 saturated carbocycles. The van der Waals surface area contributed by atoms with Crippen LogP contribution in [0.2, 0.25) is 0 Å². The molecule has 2 N–H and O–H groups in total. The molecule has 22 heavy (non-hydrogen) atoms. The topological polar surface area (TPSA) is 58.6 Å². The number of rotatable bonds is 4. The minimum Gasteiger partial charge on any atom is -0.477 e. The number of aliphatic hydroxyl groups excluding tert-OH is 1. The van der Waals surface area contributed by atoms with Crippen LogP contribution in [0.1, 0.15) is 11.1 Å². The third kappa shape index (κ3) is 2.94. The minimum absolute atomic E-state index is 0.0887. The Labute approximate surface area is 127 Å². The molecule has 114 valence electrons. The molecule has 4 nitrogen and oxygen atoms in total. The Morgan fingerprint density at radius 3 is 2.73 bits per heavy atom.